The predicted octanol–water partition coefficient (Wildman–Crippen LogP) is 2.79. The van der Waals surface area contributed by atoms with Gasteiger partial charge in [-0.2, -0.15) is 5.10 Å². The van der Waals surface area contributed by atoms with Crippen LogP contribution in [0, 0.1) is 0 Å². The van der Waals surface area contributed by atoms with Gasteiger partial charge in [0.05, 0.1) is 24.6 Å². The lowest BCUT2D eigenvalue weighted by atomic mass is 10.1. The van der Waals surface area contributed by atoms with Crippen molar-refractivity contribution in [1.82, 2.24) is 20.0 Å². The predicted molar refractivity (Wildman–Crippen MR) is 110 cm³/mol. The topological polar surface area (TPSA) is 76.5 Å². The van der Waals surface area contributed by atoms with Gasteiger partial charge in [-0.25, -0.2) is 4.68 Å². The minimum atomic E-state index is -0.120. The summed E-state index contributed by atoms with van der Waals surface area (Å²) in [4.78, 5) is 25.9. The van der Waals surface area contributed by atoms with Gasteiger partial charge in [-0.3, -0.25) is 9.59 Å². The smallest absolute Gasteiger partial charge is 0.256 e. The lowest BCUT2D eigenvalue weighted by Crippen LogP contribution is -2.27. The summed E-state index contributed by atoms with van der Waals surface area (Å²) in [5, 5.41) is 7.09. The molecule has 0 spiro atoms. The van der Waals surface area contributed by atoms with E-state index in [-0.39, 0.29) is 11.8 Å². The third-order valence-corrected chi connectivity index (χ3v) is 4.51. The Kier molecular flexibility index (Phi) is 6.29. The number of rotatable bonds is 7. The second-order valence-electron chi connectivity index (χ2n) is 6.69. The van der Waals surface area contributed by atoms with E-state index in [1.165, 1.54) is 6.92 Å². The molecule has 0 aliphatic carbocycles. The molecule has 1 N–H and O–H groups in total. The number of para-hydroxylation sites is 2. The van der Waals surface area contributed by atoms with Crippen molar-refractivity contribution in [3.8, 4) is 11.4 Å². The molecule has 1 aromatic heterocycles. The van der Waals surface area contributed by atoms with Gasteiger partial charge in [0.15, 0.2) is 0 Å². The highest BCUT2D eigenvalue weighted by Crippen LogP contribution is 2.21. The van der Waals surface area contributed by atoms with E-state index < -0.39 is 0 Å². The van der Waals surface area contributed by atoms with Crippen molar-refractivity contribution < 1.29 is 14.3 Å². The Morgan fingerprint density at radius 1 is 1.14 bits per heavy atom. The summed E-state index contributed by atoms with van der Waals surface area (Å²) < 4.78 is 7.04. The Labute approximate surface area is 169 Å². The van der Waals surface area contributed by atoms with Crippen molar-refractivity contribution in [2.45, 2.75) is 20.0 Å². The summed E-state index contributed by atoms with van der Waals surface area (Å²) in [6.07, 6.45) is 3.48. The van der Waals surface area contributed by atoms with Crippen molar-refractivity contribution in [3.63, 3.8) is 0 Å². The summed E-state index contributed by atoms with van der Waals surface area (Å²) in [6, 6.07) is 15.0. The molecule has 3 rings (SSSR count). The zero-order chi connectivity index (χ0) is 20.8. The van der Waals surface area contributed by atoms with Gasteiger partial charge in [0.2, 0.25) is 5.91 Å². The first-order valence-electron chi connectivity index (χ1n) is 9.24. The quantitative estimate of drug-likeness (QED) is 0.671. The fraction of sp³-hybridized carbons (Fsp3) is 0.227. The lowest BCUT2D eigenvalue weighted by molar-refractivity contribution is -0.119. The van der Waals surface area contributed by atoms with Gasteiger partial charge >= 0.3 is 0 Å². The zero-order valence-electron chi connectivity index (χ0n) is 16.8. The molecule has 150 valence electrons. The number of carbonyl (C=O) groups is 2. The Bertz CT molecular complexity index is 1010. The molecule has 0 radical (unpaired) electrons. The van der Waals surface area contributed by atoms with Gasteiger partial charge in [0.1, 0.15) is 5.75 Å². The van der Waals surface area contributed by atoms with Crippen LogP contribution in [0.3, 0.4) is 0 Å². The molecule has 0 atom stereocenters. The van der Waals surface area contributed by atoms with E-state index in [1.54, 1.807) is 36.0 Å². The molecule has 7 heteroatoms. The highest BCUT2D eigenvalue weighted by molar-refractivity contribution is 5.97. The average Bonchev–Trinajstić information content (AvgIpc) is 3.21. The van der Waals surface area contributed by atoms with Crippen LogP contribution in [-0.4, -0.2) is 40.7 Å². The average molecular weight is 392 g/mol. The molecule has 2 amide bonds. The highest BCUT2D eigenvalue weighted by atomic mass is 16.5. The van der Waals surface area contributed by atoms with Crippen LogP contribution >= 0.6 is 0 Å². The first kappa shape index (κ1) is 20.1. The first-order chi connectivity index (χ1) is 14.0. The largest absolute Gasteiger partial charge is 0.496 e. The Morgan fingerprint density at radius 3 is 2.62 bits per heavy atom. The molecule has 3 aromatic rings. The first-order valence-corrected chi connectivity index (χ1v) is 9.24. The number of benzene rings is 2. The molecule has 0 unspecified atom stereocenters. The van der Waals surface area contributed by atoms with Crippen molar-refractivity contribution >= 4 is 11.8 Å². The molecular formula is C22H24N4O3. The van der Waals surface area contributed by atoms with Gasteiger partial charge in [-0.15, -0.1) is 0 Å². The molecule has 0 aliphatic rings. The second kappa shape index (κ2) is 9.05. The number of carbonyl (C=O) groups excluding carboxylic acids is 2. The van der Waals surface area contributed by atoms with Crippen LogP contribution in [0.2, 0.25) is 0 Å². The molecule has 0 saturated carbocycles. The van der Waals surface area contributed by atoms with Crippen LogP contribution < -0.4 is 10.1 Å². The number of nitrogens with one attached hydrogen (secondary N) is 1. The van der Waals surface area contributed by atoms with Gasteiger partial charge < -0.3 is 15.0 Å². The SMILES string of the molecule is COc1ccccc1CN(C)C(=O)c1ccccc1-n1cc(CNC(C)=O)cn1. The fourth-order valence-corrected chi connectivity index (χ4v) is 3.03. The molecule has 0 bridgehead atoms. The fourth-order valence-electron chi connectivity index (χ4n) is 3.03. The monoisotopic (exact) mass is 392 g/mol. The highest BCUT2D eigenvalue weighted by Gasteiger charge is 2.18. The molecule has 7 nitrogen and oxygen atoms in total. The van der Waals surface area contributed by atoms with E-state index >= 15 is 0 Å². The number of hydrogen-bond donors (Lipinski definition) is 1. The Hall–Kier alpha value is -3.61. The zero-order valence-corrected chi connectivity index (χ0v) is 16.8. The van der Waals surface area contributed by atoms with Crippen molar-refractivity contribution in [3.05, 3.63) is 77.6 Å². The minimum Gasteiger partial charge on any atom is -0.496 e. The van der Waals surface area contributed by atoms with Crippen LogP contribution in [0.4, 0.5) is 0 Å². The molecule has 2 aromatic carbocycles. The van der Waals surface area contributed by atoms with Crippen LogP contribution in [0.25, 0.3) is 5.69 Å². The molecule has 0 fully saturated rings. The summed E-state index contributed by atoms with van der Waals surface area (Å²) >= 11 is 0. The van der Waals surface area contributed by atoms with E-state index in [9.17, 15) is 9.59 Å². The summed E-state index contributed by atoms with van der Waals surface area (Å²) in [5.41, 5.74) is 3.00. The van der Waals surface area contributed by atoms with Crippen molar-refractivity contribution in [2.75, 3.05) is 14.2 Å². The maximum Gasteiger partial charge on any atom is 0.256 e. The lowest BCUT2D eigenvalue weighted by Gasteiger charge is -2.20. The Balaban J connectivity index is 1.82. The minimum absolute atomic E-state index is 0.105. The molecule has 1 heterocycles. The van der Waals surface area contributed by atoms with E-state index in [0.717, 1.165) is 16.9 Å². The maximum absolute atomic E-state index is 13.2. The van der Waals surface area contributed by atoms with E-state index in [2.05, 4.69) is 10.4 Å². The van der Waals surface area contributed by atoms with Gasteiger partial charge in [-0.05, 0) is 18.2 Å². The van der Waals surface area contributed by atoms with E-state index in [4.69, 9.17) is 4.74 Å². The number of aromatic nitrogens is 2. The number of hydrogen-bond acceptors (Lipinski definition) is 4. The molecular weight excluding hydrogens is 368 g/mol. The third-order valence-electron chi connectivity index (χ3n) is 4.51. The third kappa shape index (κ3) is 4.82. The van der Waals surface area contributed by atoms with E-state index in [0.29, 0.717) is 24.3 Å². The summed E-state index contributed by atoms with van der Waals surface area (Å²) in [7, 11) is 3.38. The van der Waals surface area contributed by atoms with Gasteiger partial charge in [0, 0.05) is 44.4 Å². The van der Waals surface area contributed by atoms with Crippen LogP contribution in [0.5, 0.6) is 5.75 Å². The normalized spacial score (nSPS) is 10.4. The van der Waals surface area contributed by atoms with Crippen molar-refractivity contribution in [2.24, 2.45) is 0 Å². The van der Waals surface area contributed by atoms with Crippen LogP contribution in [0.15, 0.2) is 60.9 Å². The second-order valence-corrected chi connectivity index (χ2v) is 6.69. The number of methoxy groups -OCH3 is 1. The number of amides is 2. The van der Waals surface area contributed by atoms with Crippen molar-refractivity contribution in [1.29, 1.82) is 0 Å². The molecule has 29 heavy (non-hydrogen) atoms. The summed E-state index contributed by atoms with van der Waals surface area (Å²) in [5.74, 6) is 0.520. The summed E-state index contributed by atoms with van der Waals surface area (Å²) in [6.45, 7) is 2.28. The number of ether oxygens (including phenoxy) is 1. The van der Waals surface area contributed by atoms with Gasteiger partial charge in [0.25, 0.3) is 5.91 Å². The maximum atomic E-state index is 13.2. The number of nitrogens with zero attached hydrogens (tertiary/aromatic N) is 3. The molecule has 0 aliphatic heterocycles. The standard InChI is InChI=1S/C22H24N4O3/c1-16(27)23-12-17-13-24-26(14-17)20-10-6-5-9-19(20)22(28)25(2)15-18-8-4-7-11-21(18)29-3/h4-11,13-14H,12,15H2,1-3H3,(H,23,27). The van der Waals surface area contributed by atoms with Gasteiger partial charge in [-0.1, -0.05) is 30.3 Å². The van der Waals surface area contributed by atoms with E-state index in [1.807, 2.05) is 48.7 Å². The molecule has 0 saturated heterocycles. The Morgan fingerprint density at radius 2 is 1.86 bits per heavy atom. The van der Waals surface area contributed by atoms with Crippen LogP contribution in [0.1, 0.15) is 28.4 Å². The van der Waals surface area contributed by atoms with Crippen LogP contribution in [-0.2, 0) is 17.9 Å².